The summed E-state index contributed by atoms with van der Waals surface area (Å²) < 4.78 is 0. The summed E-state index contributed by atoms with van der Waals surface area (Å²) in [6.45, 7) is 0. The van der Waals surface area contributed by atoms with Crippen LogP contribution in [-0.4, -0.2) is 17.4 Å². The number of anilines is 1. The number of aliphatic hydroxyl groups excluding tert-OH is 1. The SMILES string of the molecule is OC1c2ccccc2N=C[C@@H]2Cc3ccccc3N12. The Kier molecular flexibility index (Phi) is 2.23. The maximum Gasteiger partial charge on any atom is 0.155 e. The van der Waals surface area contributed by atoms with Crippen molar-refractivity contribution in [3.63, 3.8) is 0 Å². The average molecular weight is 250 g/mol. The van der Waals surface area contributed by atoms with Gasteiger partial charge in [0, 0.05) is 23.9 Å². The zero-order valence-corrected chi connectivity index (χ0v) is 10.4. The van der Waals surface area contributed by atoms with E-state index in [0.717, 1.165) is 23.4 Å². The van der Waals surface area contributed by atoms with Gasteiger partial charge < -0.3 is 10.0 Å². The molecule has 1 N–H and O–H groups in total. The molecule has 2 aliphatic rings. The molecule has 0 spiro atoms. The van der Waals surface area contributed by atoms with Crippen molar-refractivity contribution < 1.29 is 5.11 Å². The first-order chi connectivity index (χ1) is 9.34. The van der Waals surface area contributed by atoms with Gasteiger partial charge >= 0.3 is 0 Å². The molecule has 0 saturated heterocycles. The van der Waals surface area contributed by atoms with E-state index in [4.69, 9.17) is 0 Å². The van der Waals surface area contributed by atoms with Gasteiger partial charge in [-0.2, -0.15) is 0 Å². The molecule has 0 amide bonds. The first-order valence-electron chi connectivity index (χ1n) is 6.52. The number of para-hydroxylation sites is 2. The van der Waals surface area contributed by atoms with Crippen molar-refractivity contribution in [2.45, 2.75) is 18.7 Å². The average Bonchev–Trinajstić information content (AvgIpc) is 2.76. The number of aliphatic hydroxyl groups is 1. The van der Waals surface area contributed by atoms with Crippen molar-refractivity contribution in [2.24, 2.45) is 4.99 Å². The summed E-state index contributed by atoms with van der Waals surface area (Å²) in [7, 11) is 0. The number of benzene rings is 2. The van der Waals surface area contributed by atoms with Gasteiger partial charge in [-0.15, -0.1) is 0 Å². The minimum Gasteiger partial charge on any atom is -0.369 e. The third kappa shape index (κ3) is 1.52. The predicted molar refractivity (Wildman–Crippen MR) is 76.0 cm³/mol. The first kappa shape index (κ1) is 10.8. The van der Waals surface area contributed by atoms with Crippen LogP contribution < -0.4 is 4.90 Å². The van der Waals surface area contributed by atoms with Crippen molar-refractivity contribution in [3.8, 4) is 0 Å². The Morgan fingerprint density at radius 1 is 1.05 bits per heavy atom. The first-order valence-corrected chi connectivity index (χ1v) is 6.52. The van der Waals surface area contributed by atoms with E-state index in [1.807, 2.05) is 42.6 Å². The fourth-order valence-electron chi connectivity index (χ4n) is 3.01. The van der Waals surface area contributed by atoms with Gasteiger partial charge in [-0.05, 0) is 17.7 Å². The Hall–Kier alpha value is -2.13. The van der Waals surface area contributed by atoms with E-state index in [9.17, 15) is 5.11 Å². The second-order valence-electron chi connectivity index (χ2n) is 5.02. The van der Waals surface area contributed by atoms with E-state index in [1.54, 1.807) is 0 Å². The molecule has 0 saturated carbocycles. The van der Waals surface area contributed by atoms with E-state index in [2.05, 4.69) is 22.0 Å². The third-order valence-corrected chi connectivity index (χ3v) is 3.92. The van der Waals surface area contributed by atoms with Crippen molar-refractivity contribution >= 4 is 17.6 Å². The summed E-state index contributed by atoms with van der Waals surface area (Å²) in [6.07, 6.45) is 2.23. The van der Waals surface area contributed by atoms with Crippen LogP contribution in [0.3, 0.4) is 0 Å². The molecule has 19 heavy (non-hydrogen) atoms. The summed E-state index contributed by atoms with van der Waals surface area (Å²) >= 11 is 0. The topological polar surface area (TPSA) is 35.8 Å². The van der Waals surface area contributed by atoms with Gasteiger partial charge in [-0.25, -0.2) is 0 Å². The fraction of sp³-hybridized carbons (Fsp3) is 0.188. The third-order valence-electron chi connectivity index (χ3n) is 3.92. The van der Waals surface area contributed by atoms with E-state index < -0.39 is 6.23 Å². The van der Waals surface area contributed by atoms with E-state index >= 15 is 0 Å². The van der Waals surface area contributed by atoms with Crippen molar-refractivity contribution in [2.75, 3.05) is 4.90 Å². The normalized spacial score (nSPS) is 23.5. The Morgan fingerprint density at radius 2 is 1.84 bits per heavy atom. The van der Waals surface area contributed by atoms with Crippen LogP contribution in [0, 0.1) is 0 Å². The molecule has 0 radical (unpaired) electrons. The Bertz CT molecular complexity index is 665. The summed E-state index contributed by atoms with van der Waals surface area (Å²) in [5.74, 6) is 0. The lowest BCUT2D eigenvalue weighted by atomic mass is 10.1. The van der Waals surface area contributed by atoms with Gasteiger partial charge in [0.05, 0.1) is 11.7 Å². The molecule has 94 valence electrons. The number of nitrogens with zero attached hydrogens (tertiary/aromatic N) is 2. The van der Waals surface area contributed by atoms with Crippen LogP contribution in [0.1, 0.15) is 17.4 Å². The smallest absolute Gasteiger partial charge is 0.155 e. The van der Waals surface area contributed by atoms with E-state index in [0.29, 0.717) is 0 Å². The summed E-state index contributed by atoms with van der Waals surface area (Å²) in [4.78, 5) is 6.60. The molecule has 0 aromatic heterocycles. The van der Waals surface area contributed by atoms with Crippen molar-refractivity contribution in [1.29, 1.82) is 0 Å². The molecule has 3 heteroatoms. The van der Waals surface area contributed by atoms with Crippen molar-refractivity contribution in [1.82, 2.24) is 0 Å². The highest BCUT2D eigenvalue weighted by atomic mass is 16.3. The second kappa shape index (κ2) is 3.93. The maximum atomic E-state index is 10.7. The molecule has 3 nitrogen and oxygen atoms in total. The van der Waals surface area contributed by atoms with Crippen LogP contribution in [-0.2, 0) is 6.42 Å². The quantitative estimate of drug-likeness (QED) is 0.780. The molecule has 0 aliphatic carbocycles. The number of hydrogen-bond acceptors (Lipinski definition) is 3. The maximum absolute atomic E-state index is 10.7. The van der Waals surface area contributed by atoms with Gasteiger partial charge in [-0.1, -0.05) is 36.4 Å². The van der Waals surface area contributed by atoms with Crippen LogP contribution in [0.4, 0.5) is 11.4 Å². The minimum atomic E-state index is -0.632. The molecular formula is C16H14N2O. The molecule has 2 aliphatic heterocycles. The largest absolute Gasteiger partial charge is 0.369 e. The predicted octanol–water partition coefficient (Wildman–Crippen LogP) is 2.82. The lowest BCUT2D eigenvalue weighted by molar-refractivity contribution is 0.171. The van der Waals surface area contributed by atoms with Crippen molar-refractivity contribution in [3.05, 3.63) is 59.7 Å². The monoisotopic (exact) mass is 250 g/mol. The molecule has 0 bridgehead atoms. The molecule has 4 rings (SSSR count). The molecular weight excluding hydrogens is 236 g/mol. The van der Waals surface area contributed by atoms with Gasteiger partial charge in [0.15, 0.2) is 6.23 Å². The summed E-state index contributed by atoms with van der Waals surface area (Å²) in [6, 6.07) is 16.2. The minimum absolute atomic E-state index is 0.139. The van der Waals surface area contributed by atoms with Crippen LogP contribution in [0.15, 0.2) is 53.5 Å². The summed E-state index contributed by atoms with van der Waals surface area (Å²) in [5.41, 5.74) is 4.13. The molecule has 0 fully saturated rings. The zero-order valence-electron chi connectivity index (χ0n) is 10.4. The number of rotatable bonds is 0. The number of aliphatic imine (C=N–C) groups is 1. The van der Waals surface area contributed by atoms with E-state index in [-0.39, 0.29) is 6.04 Å². The fourth-order valence-corrected chi connectivity index (χ4v) is 3.01. The standard InChI is InChI=1S/C16H14N2O/c19-16-13-6-2-3-7-14(13)17-10-12-9-11-5-1-4-8-15(11)18(12)16/h1-8,10,12,16,19H,9H2/t12-,16?/m0/s1. The van der Waals surface area contributed by atoms with Gasteiger partial charge in [0.1, 0.15) is 0 Å². The molecule has 2 aromatic rings. The highest BCUT2D eigenvalue weighted by molar-refractivity contribution is 5.81. The molecule has 2 heterocycles. The lowest BCUT2D eigenvalue weighted by Crippen LogP contribution is -2.35. The Morgan fingerprint density at radius 3 is 2.79 bits per heavy atom. The Labute approximate surface area is 111 Å². The zero-order chi connectivity index (χ0) is 12.8. The van der Waals surface area contributed by atoms with E-state index in [1.165, 1.54) is 5.56 Å². The highest BCUT2D eigenvalue weighted by Crippen LogP contribution is 2.41. The van der Waals surface area contributed by atoms with Crippen LogP contribution in [0.25, 0.3) is 0 Å². The lowest BCUT2D eigenvalue weighted by Gasteiger charge is -2.29. The van der Waals surface area contributed by atoms with Gasteiger partial charge in [-0.3, -0.25) is 4.99 Å². The summed E-state index contributed by atoms with van der Waals surface area (Å²) in [5, 5.41) is 10.7. The van der Waals surface area contributed by atoms with Crippen LogP contribution in [0.5, 0.6) is 0 Å². The van der Waals surface area contributed by atoms with Gasteiger partial charge in [0.2, 0.25) is 0 Å². The number of fused-ring (bicyclic) bond motifs is 4. The highest BCUT2D eigenvalue weighted by Gasteiger charge is 2.35. The van der Waals surface area contributed by atoms with Gasteiger partial charge in [0.25, 0.3) is 0 Å². The number of hydrogen-bond donors (Lipinski definition) is 1. The van der Waals surface area contributed by atoms with Crippen LogP contribution in [0.2, 0.25) is 0 Å². The Balaban J connectivity index is 1.88. The molecule has 2 atom stereocenters. The molecule has 2 aromatic carbocycles. The van der Waals surface area contributed by atoms with Crippen LogP contribution >= 0.6 is 0 Å². The second-order valence-corrected chi connectivity index (χ2v) is 5.02. The molecule has 1 unspecified atom stereocenters.